The number of carboxylic acids is 1. The van der Waals surface area contributed by atoms with Crippen LogP contribution in [0.1, 0.15) is 15.9 Å². The van der Waals surface area contributed by atoms with Crippen molar-refractivity contribution in [2.45, 2.75) is 12.0 Å². The third-order valence-corrected chi connectivity index (χ3v) is 3.42. The van der Waals surface area contributed by atoms with E-state index < -0.39 is 24.0 Å². The van der Waals surface area contributed by atoms with E-state index in [-0.39, 0.29) is 6.42 Å². The van der Waals surface area contributed by atoms with Crippen LogP contribution in [-0.4, -0.2) is 34.2 Å². The van der Waals surface area contributed by atoms with Crippen LogP contribution >= 0.6 is 0 Å². The number of carbonyl (C=O) groups excluding carboxylic acids is 1. The van der Waals surface area contributed by atoms with Gasteiger partial charge in [-0.1, -0.05) is 48.5 Å². The minimum Gasteiger partial charge on any atom is -0.479 e. The van der Waals surface area contributed by atoms with Crippen LogP contribution in [0.25, 0.3) is 0 Å². The van der Waals surface area contributed by atoms with E-state index in [1.165, 1.54) is 0 Å². The number of hydrogen-bond donors (Lipinski definition) is 3. The number of aliphatic hydroxyl groups is 1. The highest BCUT2D eigenvalue weighted by molar-refractivity contribution is 5.98. The standard InChI is InChI=1S/C17H17NO4/c19-12-17(16(21)22,11-13-7-3-1-4-8-13)18-15(20)14-9-5-2-6-10-14/h1-10,19H,11-12H2,(H,18,20)(H,21,22)/t17-/m1/s1. The molecule has 0 aliphatic heterocycles. The Bertz CT molecular complexity index is 642. The van der Waals surface area contributed by atoms with Gasteiger partial charge in [0.2, 0.25) is 0 Å². The second-order valence-corrected chi connectivity index (χ2v) is 5.03. The van der Waals surface area contributed by atoms with Crippen LogP contribution in [-0.2, 0) is 11.2 Å². The summed E-state index contributed by atoms with van der Waals surface area (Å²) in [7, 11) is 0. The Morgan fingerprint density at radius 2 is 1.50 bits per heavy atom. The van der Waals surface area contributed by atoms with Gasteiger partial charge in [-0.2, -0.15) is 0 Å². The van der Waals surface area contributed by atoms with Crippen LogP contribution < -0.4 is 5.32 Å². The zero-order valence-electron chi connectivity index (χ0n) is 11.9. The van der Waals surface area contributed by atoms with Crippen LogP contribution in [0.4, 0.5) is 0 Å². The summed E-state index contributed by atoms with van der Waals surface area (Å²) in [6.07, 6.45) is -0.00174. The summed E-state index contributed by atoms with van der Waals surface area (Å²) in [6.45, 7) is -0.699. The molecule has 0 unspecified atom stereocenters. The van der Waals surface area contributed by atoms with E-state index in [9.17, 15) is 19.8 Å². The Balaban J connectivity index is 2.26. The van der Waals surface area contributed by atoms with Gasteiger partial charge in [-0.3, -0.25) is 4.79 Å². The van der Waals surface area contributed by atoms with Gasteiger partial charge in [-0.15, -0.1) is 0 Å². The summed E-state index contributed by atoms with van der Waals surface area (Å²) < 4.78 is 0. The summed E-state index contributed by atoms with van der Waals surface area (Å²) in [4.78, 5) is 23.9. The van der Waals surface area contributed by atoms with Crippen molar-refractivity contribution in [1.82, 2.24) is 5.32 Å². The molecular weight excluding hydrogens is 282 g/mol. The largest absolute Gasteiger partial charge is 0.479 e. The molecule has 0 saturated heterocycles. The molecule has 2 aromatic carbocycles. The topological polar surface area (TPSA) is 86.6 Å². The maximum Gasteiger partial charge on any atom is 0.332 e. The van der Waals surface area contributed by atoms with Gasteiger partial charge in [0.15, 0.2) is 5.54 Å². The molecule has 0 aliphatic rings. The highest BCUT2D eigenvalue weighted by Crippen LogP contribution is 2.15. The summed E-state index contributed by atoms with van der Waals surface area (Å²) >= 11 is 0. The number of carboxylic acid groups (broad SMARTS) is 1. The molecule has 0 heterocycles. The van der Waals surface area contributed by atoms with Gasteiger partial charge in [-0.25, -0.2) is 4.79 Å². The van der Waals surface area contributed by atoms with Crippen molar-refractivity contribution in [3.8, 4) is 0 Å². The van der Waals surface area contributed by atoms with E-state index in [2.05, 4.69) is 5.32 Å². The van der Waals surface area contributed by atoms with Crippen LogP contribution in [0.3, 0.4) is 0 Å². The van der Waals surface area contributed by atoms with E-state index in [4.69, 9.17) is 0 Å². The number of nitrogens with one attached hydrogen (secondary N) is 1. The molecule has 0 aliphatic carbocycles. The molecule has 5 heteroatoms. The molecule has 22 heavy (non-hydrogen) atoms. The summed E-state index contributed by atoms with van der Waals surface area (Å²) in [5, 5.41) is 21.6. The Kier molecular flexibility index (Phi) is 4.91. The average molecular weight is 299 g/mol. The summed E-state index contributed by atoms with van der Waals surface area (Å²) in [6, 6.07) is 17.2. The fourth-order valence-electron chi connectivity index (χ4n) is 2.16. The zero-order valence-corrected chi connectivity index (χ0v) is 11.9. The molecule has 0 fully saturated rings. The molecular formula is C17H17NO4. The molecule has 0 radical (unpaired) electrons. The van der Waals surface area contributed by atoms with Crippen LogP contribution in [0.15, 0.2) is 60.7 Å². The number of benzene rings is 2. The predicted molar refractivity (Wildman–Crippen MR) is 81.5 cm³/mol. The predicted octanol–water partition coefficient (Wildman–Crippen LogP) is 1.47. The number of hydrogen-bond acceptors (Lipinski definition) is 3. The average Bonchev–Trinajstić information content (AvgIpc) is 2.55. The van der Waals surface area contributed by atoms with Crippen molar-refractivity contribution >= 4 is 11.9 Å². The Hall–Kier alpha value is -2.66. The molecule has 114 valence electrons. The first-order valence-electron chi connectivity index (χ1n) is 6.83. The van der Waals surface area contributed by atoms with Gasteiger partial charge in [0.25, 0.3) is 5.91 Å². The van der Waals surface area contributed by atoms with Crippen LogP contribution in [0, 0.1) is 0 Å². The third kappa shape index (κ3) is 3.51. The Morgan fingerprint density at radius 1 is 0.955 bits per heavy atom. The number of rotatable bonds is 6. The van der Waals surface area contributed by atoms with E-state index >= 15 is 0 Å². The molecule has 1 atom stereocenters. The number of carbonyl (C=O) groups is 2. The lowest BCUT2D eigenvalue weighted by atomic mass is 9.91. The Morgan fingerprint density at radius 3 is 2.00 bits per heavy atom. The molecule has 5 nitrogen and oxygen atoms in total. The molecule has 0 bridgehead atoms. The van der Waals surface area contributed by atoms with E-state index in [0.717, 1.165) is 0 Å². The molecule has 2 rings (SSSR count). The smallest absolute Gasteiger partial charge is 0.332 e. The monoisotopic (exact) mass is 299 g/mol. The first-order chi connectivity index (χ1) is 10.6. The quantitative estimate of drug-likeness (QED) is 0.754. The van der Waals surface area contributed by atoms with Crippen molar-refractivity contribution in [2.24, 2.45) is 0 Å². The SMILES string of the molecule is O=C(N[C@@](CO)(Cc1ccccc1)C(=O)O)c1ccccc1. The highest BCUT2D eigenvalue weighted by atomic mass is 16.4. The van der Waals surface area contributed by atoms with Crippen LogP contribution in [0.2, 0.25) is 0 Å². The van der Waals surface area contributed by atoms with Crippen molar-refractivity contribution < 1.29 is 19.8 Å². The molecule has 2 aromatic rings. The maximum atomic E-state index is 12.2. The summed E-state index contributed by atoms with van der Waals surface area (Å²) in [5.74, 6) is -1.81. The minimum absolute atomic E-state index is 0.00174. The van der Waals surface area contributed by atoms with Gasteiger partial charge < -0.3 is 15.5 Å². The fourth-order valence-corrected chi connectivity index (χ4v) is 2.16. The fraction of sp³-hybridized carbons (Fsp3) is 0.176. The lowest BCUT2D eigenvalue weighted by molar-refractivity contribution is -0.146. The van der Waals surface area contributed by atoms with Gasteiger partial charge in [0.05, 0.1) is 6.61 Å². The second kappa shape index (κ2) is 6.87. The van der Waals surface area contributed by atoms with Crippen LogP contribution in [0.5, 0.6) is 0 Å². The molecule has 3 N–H and O–H groups in total. The minimum atomic E-state index is -1.76. The normalized spacial score (nSPS) is 13.1. The van der Waals surface area contributed by atoms with E-state index in [0.29, 0.717) is 11.1 Å². The van der Waals surface area contributed by atoms with Gasteiger partial charge in [0, 0.05) is 12.0 Å². The zero-order chi connectivity index (χ0) is 16.0. The first kappa shape index (κ1) is 15.7. The molecule has 0 spiro atoms. The third-order valence-electron chi connectivity index (χ3n) is 3.42. The molecule has 0 aromatic heterocycles. The maximum absolute atomic E-state index is 12.2. The number of aliphatic hydroxyl groups excluding tert-OH is 1. The lowest BCUT2D eigenvalue weighted by Crippen LogP contribution is -2.58. The van der Waals surface area contributed by atoms with E-state index in [1.807, 2.05) is 6.07 Å². The number of amides is 1. The van der Waals surface area contributed by atoms with E-state index in [1.54, 1.807) is 54.6 Å². The van der Waals surface area contributed by atoms with Crippen molar-refractivity contribution in [1.29, 1.82) is 0 Å². The Labute approximate surface area is 128 Å². The van der Waals surface area contributed by atoms with Crippen molar-refractivity contribution in [2.75, 3.05) is 6.61 Å². The molecule has 1 amide bonds. The second-order valence-electron chi connectivity index (χ2n) is 5.03. The van der Waals surface area contributed by atoms with Gasteiger partial charge in [-0.05, 0) is 17.7 Å². The van der Waals surface area contributed by atoms with Gasteiger partial charge >= 0.3 is 5.97 Å². The molecule has 0 saturated carbocycles. The van der Waals surface area contributed by atoms with Crippen molar-refractivity contribution in [3.63, 3.8) is 0 Å². The number of aliphatic carboxylic acids is 1. The first-order valence-corrected chi connectivity index (χ1v) is 6.83. The summed E-state index contributed by atoms with van der Waals surface area (Å²) in [5.41, 5.74) is -0.698. The van der Waals surface area contributed by atoms with Gasteiger partial charge in [0.1, 0.15) is 0 Å². The lowest BCUT2D eigenvalue weighted by Gasteiger charge is -2.28. The van der Waals surface area contributed by atoms with Crippen molar-refractivity contribution in [3.05, 3.63) is 71.8 Å². The highest BCUT2D eigenvalue weighted by Gasteiger charge is 2.40.